The molecule has 0 heterocycles. The van der Waals surface area contributed by atoms with Gasteiger partial charge in [-0.15, -0.1) is 0 Å². The van der Waals surface area contributed by atoms with Crippen LogP contribution in [0, 0.1) is 5.41 Å². The largest absolute Gasteiger partial charge is 0.387 e. The first kappa shape index (κ1) is 27.0. The molecule has 1 aliphatic rings. The highest BCUT2D eigenvalue weighted by molar-refractivity contribution is 6.07. The molecule has 0 fully saturated rings. The first-order valence-electron chi connectivity index (χ1n) is 9.77. The number of hydrogen-bond donors (Lipinski definition) is 1. The van der Waals surface area contributed by atoms with Crippen LogP contribution in [-0.2, 0) is 4.79 Å². The minimum Gasteiger partial charge on any atom is -0.387 e. The third kappa shape index (κ3) is 11.9. The van der Waals surface area contributed by atoms with E-state index in [4.69, 9.17) is 5.73 Å². The molecule has 1 rings (SSSR count). The maximum absolute atomic E-state index is 11.2. The van der Waals surface area contributed by atoms with Crippen molar-refractivity contribution in [1.82, 2.24) is 0 Å². The number of carbonyl (C=O) groups excluding carboxylic acids is 1. The fourth-order valence-corrected chi connectivity index (χ4v) is 2.17. The van der Waals surface area contributed by atoms with Crippen molar-refractivity contribution in [2.24, 2.45) is 21.1 Å². The van der Waals surface area contributed by atoms with E-state index in [9.17, 15) is 4.79 Å². The van der Waals surface area contributed by atoms with Crippen molar-refractivity contribution in [3.8, 4) is 0 Å². The summed E-state index contributed by atoms with van der Waals surface area (Å²) >= 11 is 0. The van der Waals surface area contributed by atoms with Crippen molar-refractivity contribution in [3.63, 3.8) is 0 Å². The van der Waals surface area contributed by atoms with E-state index in [0.29, 0.717) is 17.4 Å². The van der Waals surface area contributed by atoms with Gasteiger partial charge in [-0.25, -0.2) is 9.98 Å². The van der Waals surface area contributed by atoms with E-state index in [1.165, 1.54) is 18.6 Å². The second-order valence-electron chi connectivity index (χ2n) is 6.72. The van der Waals surface area contributed by atoms with Gasteiger partial charge in [-0.3, -0.25) is 4.79 Å². The van der Waals surface area contributed by atoms with Crippen molar-refractivity contribution in [1.29, 1.82) is 0 Å². The van der Waals surface area contributed by atoms with Crippen LogP contribution in [0.5, 0.6) is 0 Å². The molecule has 0 aromatic heterocycles. The van der Waals surface area contributed by atoms with Gasteiger partial charge in [0.25, 0.3) is 0 Å². The van der Waals surface area contributed by atoms with Crippen molar-refractivity contribution < 1.29 is 4.79 Å². The number of hydrogen-bond acceptors (Lipinski definition) is 2. The van der Waals surface area contributed by atoms with Gasteiger partial charge in [0, 0.05) is 17.3 Å². The summed E-state index contributed by atoms with van der Waals surface area (Å²) < 4.78 is 0. The molecule has 152 valence electrons. The number of nitrogens with two attached hydrogens (primary N) is 1. The summed E-state index contributed by atoms with van der Waals surface area (Å²) in [5, 5.41) is 0. The van der Waals surface area contributed by atoms with Gasteiger partial charge < -0.3 is 5.73 Å². The number of aliphatic imine (C=N–C) groups is 2. The predicted octanol–water partition coefficient (Wildman–Crippen LogP) is 6.17. The molecule has 0 unspecified atom stereocenters. The number of nitrogens with zero attached hydrogens (tertiary/aromatic N) is 2. The highest BCUT2D eigenvalue weighted by atomic mass is 16.1. The third-order valence-corrected chi connectivity index (χ3v) is 3.22. The maximum Gasteiger partial charge on any atom is 0.161 e. The fourth-order valence-electron chi connectivity index (χ4n) is 2.17. The van der Waals surface area contributed by atoms with Gasteiger partial charge in [0.05, 0.1) is 5.84 Å². The molecule has 0 saturated heterocycles. The highest BCUT2D eigenvalue weighted by Crippen LogP contribution is 2.29. The number of amidine groups is 2. The zero-order chi connectivity index (χ0) is 21.6. The molecule has 0 aromatic carbocycles. The lowest BCUT2D eigenvalue weighted by atomic mass is 9.86. The molecule has 0 saturated carbocycles. The van der Waals surface area contributed by atoms with Gasteiger partial charge in [0.2, 0.25) is 0 Å². The second kappa shape index (κ2) is 13.9. The summed E-state index contributed by atoms with van der Waals surface area (Å²) in [7, 11) is 0. The van der Waals surface area contributed by atoms with Crippen LogP contribution in [0.2, 0.25) is 0 Å². The van der Waals surface area contributed by atoms with Crippen LogP contribution in [0.3, 0.4) is 0 Å². The molecule has 0 spiro atoms. The van der Waals surface area contributed by atoms with E-state index in [1.807, 2.05) is 33.8 Å². The average Bonchev–Trinajstić information content (AvgIpc) is 2.83. The Morgan fingerprint density at radius 2 is 1.56 bits per heavy atom. The first-order valence-corrected chi connectivity index (χ1v) is 9.77. The molecule has 4 heteroatoms. The van der Waals surface area contributed by atoms with Crippen molar-refractivity contribution in [2.75, 3.05) is 0 Å². The van der Waals surface area contributed by atoms with Crippen LogP contribution in [-0.4, -0.2) is 17.5 Å². The molecule has 0 aliphatic heterocycles. The van der Waals surface area contributed by atoms with E-state index in [2.05, 4.69) is 49.0 Å². The predicted molar refractivity (Wildman–Crippen MR) is 121 cm³/mol. The molecule has 0 aromatic rings. The molecule has 0 radical (unpaired) electrons. The second-order valence-corrected chi connectivity index (χ2v) is 6.72. The van der Waals surface area contributed by atoms with Crippen LogP contribution in [0.1, 0.15) is 75.7 Å². The van der Waals surface area contributed by atoms with Crippen LogP contribution >= 0.6 is 0 Å². The van der Waals surface area contributed by atoms with Gasteiger partial charge in [-0.05, 0) is 38.2 Å². The van der Waals surface area contributed by atoms with Gasteiger partial charge in [0.1, 0.15) is 0 Å². The molecule has 0 atom stereocenters. The molecule has 0 bridgehead atoms. The molecule has 0 amide bonds. The van der Waals surface area contributed by atoms with Gasteiger partial charge >= 0.3 is 0 Å². The zero-order valence-corrected chi connectivity index (χ0v) is 19.0. The van der Waals surface area contributed by atoms with E-state index in [1.54, 1.807) is 13.8 Å². The van der Waals surface area contributed by atoms with E-state index < -0.39 is 0 Å². The summed E-state index contributed by atoms with van der Waals surface area (Å²) in [6.45, 7) is 19.6. The summed E-state index contributed by atoms with van der Waals surface area (Å²) in [5.74, 6) is 0.919. The van der Waals surface area contributed by atoms with Gasteiger partial charge in [-0.2, -0.15) is 0 Å². The Balaban J connectivity index is 0. The van der Waals surface area contributed by atoms with Crippen LogP contribution in [0.25, 0.3) is 0 Å². The van der Waals surface area contributed by atoms with Crippen LogP contribution in [0.15, 0.2) is 57.2 Å². The summed E-state index contributed by atoms with van der Waals surface area (Å²) in [6, 6.07) is 0. The minimum absolute atomic E-state index is 0.0406. The standard InChI is InChI=1S/C19H27N3O.2C2H6/c1-13(12-14(2)23)21-18(22-15(3)20)16-8-7-9-17(11-10-16)19(4,5)6;2*1-2/h8-12H,7H2,1-6H3,(H2,20,21,22);2*1-2H3/b13-12+;;. The molecular weight excluding hydrogens is 334 g/mol. The summed E-state index contributed by atoms with van der Waals surface area (Å²) in [4.78, 5) is 20.0. The normalized spacial score (nSPS) is 15.4. The fraction of sp³-hybridized carbons (Fsp3) is 0.522. The van der Waals surface area contributed by atoms with Crippen molar-refractivity contribution >= 4 is 17.5 Å². The Bertz CT molecular complexity index is 648. The van der Waals surface area contributed by atoms with Gasteiger partial charge in [-0.1, -0.05) is 72.8 Å². The topological polar surface area (TPSA) is 67.8 Å². The third-order valence-electron chi connectivity index (χ3n) is 3.22. The van der Waals surface area contributed by atoms with E-state index >= 15 is 0 Å². The Morgan fingerprint density at radius 3 is 2.00 bits per heavy atom. The number of rotatable bonds is 3. The monoisotopic (exact) mass is 373 g/mol. The SMILES string of the molecule is CC.CC.CC(=O)/C=C(\C)N=C(N=C(C)N)C1=CCC=C(C(C)(C)C)C=C1. The smallest absolute Gasteiger partial charge is 0.161 e. The number of allylic oxidation sites excluding steroid dienone is 6. The molecular formula is C23H39N3O. The van der Waals surface area contributed by atoms with E-state index in [0.717, 1.165) is 12.0 Å². The first-order chi connectivity index (χ1) is 12.6. The lowest BCUT2D eigenvalue weighted by Gasteiger charge is -2.19. The Labute approximate surface area is 166 Å². The van der Waals surface area contributed by atoms with Crippen LogP contribution < -0.4 is 5.73 Å². The minimum atomic E-state index is -0.0406. The quantitative estimate of drug-likeness (QED) is 0.365. The van der Waals surface area contributed by atoms with Crippen molar-refractivity contribution in [3.05, 3.63) is 47.2 Å². The summed E-state index contributed by atoms with van der Waals surface area (Å²) in [5.41, 5.74) is 8.61. The molecule has 4 nitrogen and oxygen atoms in total. The number of ketones is 1. The Kier molecular flexibility index (Phi) is 13.9. The van der Waals surface area contributed by atoms with E-state index in [-0.39, 0.29) is 11.2 Å². The van der Waals surface area contributed by atoms with Crippen molar-refractivity contribution in [2.45, 2.75) is 75.7 Å². The molecule has 27 heavy (non-hydrogen) atoms. The molecule has 2 N–H and O–H groups in total. The summed E-state index contributed by atoms with van der Waals surface area (Å²) in [6.07, 6.45) is 10.7. The molecule has 1 aliphatic carbocycles. The zero-order valence-electron chi connectivity index (χ0n) is 19.0. The maximum atomic E-state index is 11.2. The van der Waals surface area contributed by atoms with Crippen LogP contribution in [0.4, 0.5) is 0 Å². The Morgan fingerprint density at radius 1 is 1.00 bits per heavy atom. The highest BCUT2D eigenvalue weighted by Gasteiger charge is 2.16. The average molecular weight is 374 g/mol. The lowest BCUT2D eigenvalue weighted by Crippen LogP contribution is -2.11. The Hall–Kier alpha value is -2.23. The number of carbonyl (C=O) groups is 1. The van der Waals surface area contributed by atoms with Gasteiger partial charge in [0.15, 0.2) is 11.6 Å². The lowest BCUT2D eigenvalue weighted by molar-refractivity contribution is -0.112.